The Labute approximate surface area is 129 Å². The first kappa shape index (κ1) is 14.4. The van der Waals surface area contributed by atoms with E-state index in [0.29, 0.717) is 0 Å². The third-order valence-corrected chi connectivity index (χ3v) is 3.61. The van der Waals surface area contributed by atoms with Gasteiger partial charge in [0.2, 0.25) is 0 Å². The van der Waals surface area contributed by atoms with Crippen LogP contribution in [0.1, 0.15) is 22.7 Å². The summed E-state index contributed by atoms with van der Waals surface area (Å²) in [5.74, 6) is -0.131. The predicted molar refractivity (Wildman–Crippen MR) is 83.7 cm³/mol. The third kappa shape index (κ3) is 3.39. The average molecular weight is 294 g/mol. The van der Waals surface area contributed by atoms with E-state index in [0.717, 1.165) is 23.4 Å². The number of hydrogen-bond donors (Lipinski definition) is 0. The summed E-state index contributed by atoms with van der Waals surface area (Å²) in [5.41, 5.74) is 3.19. The molecule has 0 saturated heterocycles. The van der Waals surface area contributed by atoms with Crippen LogP contribution in [0.25, 0.3) is 0 Å². The second kappa shape index (κ2) is 6.52. The Hall–Kier alpha value is -2.49. The van der Waals surface area contributed by atoms with Gasteiger partial charge in [-0.3, -0.25) is 4.98 Å². The van der Waals surface area contributed by atoms with E-state index < -0.39 is 0 Å². The van der Waals surface area contributed by atoms with Crippen molar-refractivity contribution >= 4 is 0 Å². The summed E-state index contributed by atoms with van der Waals surface area (Å²) in [5, 5.41) is 0. The van der Waals surface area contributed by atoms with Crippen molar-refractivity contribution in [2.45, 2.75) is 19.4 Å². The van der Waals surface area contributed by atoms with Crippen LogP contribution in [0, 0.1) is 19.2 Å². The number of pyridine rings is 1. The molecule has 1 radical (unpaired) electrons. The lowest BCUT2D eigenvalue weighted by Gasteiger charge is -2.18. The van der Waals surface area contributed by atoms with E-state index in [2.05, 4.69) is 16.4 Å². The van der Waals surface area contributed by atoms with Gasteiger partial charge in [0.1, 0.15) is 5.82 Å². The highest BCUT2D eigenvalue weighted by molar-refractivity contribution is 5.34. The van der Waals surface area contributed by atoms with Gasteiger partial charge in [-0.2, -0.15) is 0 Å². The molecule has 111 valence electrons. The Kier molecular flexibility index (Phi) is 4.28. The van der Waals surface area contributed by atoms with Crippen LogP contribution < -0.4 is 0 Å². The minimum atomic E-state index is -0.220. The standard InChI is InChI=1S/C18H17FN3/c1-14-12-22(13-21-14)11-8-18(16-6-9-20-10-7-16)15-2-4-17(19)5-3-15/h2-10,12-13,18H,11H2,1H3. The molecule has 3 nitrogen and oxygen atoms in total. The van der Waals surface area contributed by atoms with Crippen LogP contribution >= 0.6 is 0 Å². The van der Waals surface area contributed by atoms with E-state index >= 15 is 0 Å². The van der Waals surface area contributed by atoms with Gasteiger partial charge in [0, 0.05) is 31.1 Å². The van der Waals surface area contributed by atoms with Gasteiger partial charge in [0.15, 0.2) is 0 Å². The molecule has 0 aliphatic rings. The summed E-state index contributed by atoms with van der Waals surface area (Å²) in [7, 11) is 0. The normalized spacial score (nSPS) is 12.3. The highest BCUT2D eigenvalue weighted by Gasteiger charge is 2.14. The molecule has 4 heteroatoms. The van der Waals surface area contributed by atoms with E-state index in [9.17, 15) is 4.39 Å². The summed E-state index contributed by atoms with van der Waals surface area (Å²) >= 11 is 0. The minimum absolute atomic E-state index is 0.0892. The van der Waals surface area contributed by atoms with Crippen molar-refractivity contribution in [3.63, 3.8) is 0 Å². The Bertz CT molecular complexity index is 720. The van der Waals surface area contributed by atoms with Crippen LogP contribution in [0.15, 0.2) is 61.3 Å². The molecule has 0 bridgehead atoms. The van der Waals surface area contributed by atoms with E-state index in [4.69, 9.17) is 0 Å². The SMILES string of the molecule is Cc1cn(C[CH]C(c2ccncc2)c2ccc(F)cc2)cn1. The van der Waals surface area contributed by atoms with Crippen LogP contribution in [-0.4, -0.2) is 14.5 Å². The van der Waals surface area contributed by atoms with E-state index in [-0.39, 0.29) is 11.7 Å². The number of aryl methyl sites for hydroxylation is 1. The maximum absolute atomic E-state index is 13.2. The Morgan fingerprint density at radius 3 is 2.41 bits per heavy atom. The third-order valence-electron chi connectivity index (χ3n) is 3.61. The quantitative estimate of drug-likeness (QED) is 0.717. The van der Waals surface area contributed by atoms with E-state index in [1.807, 2.05) is 48.3 Å². The van der Waals surface area contributed by atoms with Crippen LogP contribution in [0.2, 0.25) is 0 Å². The number of halogens is 1. The maximum atomic E-state index is 13.2. The summed E-state index contributed by atoms with van der Waals surface area (Å²) < 4.78 is 15.2. The van der Waals surface area contributed by atoms with Gasteiger partial charge in [0.05, 0.1) is 12.0 Å². The number of imidazole rings is 1. The molecule has 3 aromatic rings. The van der Waals surface area contributed by atoms with Gasteiger partial charge in [-0.1, -0.05) is 12.1 Å². The Morgan fingerprint density at radius 1 is 1.09 bits per heavy atom. The first-order valence-electron chi connectivity index (χ1n) is 7.19. The highest BCUT2D eigenvalue weighted by atomic mass is 19.1. The summed E-state index contributed by atoms with van der Waals surface area (Å²) in [6, 6.07) is 10.6. The average Bonchev–Trinajstić information content (AvgIpc) is 2.96. The molecule has 1 atom stereocenters. The molecule has 0 fully saturated rings. The zero-order valence-corrected chi connectivity index (χ0v) is 12.4. The highest BCUT2D eigenvalue weighted by Crippen LogP contribution is 2.27. The summed E-state index contributed by atoms with van der Waals surface area (Å²) in [4.78, 5) is 8.30. The number of benzene rings is 1. The van der Waals surface area contributed by atoms with Crippen molar-refractivity contribution in [3.8, 4) is 0 Å². The molecular weight excluding hydrogens is 277 g/mol. The van der Waals surface area contributed by atoms with Crippen molar-refractivity contribution in [3.05, 3.63) is 90.4 Å². The monoisotopic (exact) mass is 294 g/mol. The number of nitrogens with zero attached hydrogens (tertiary/aromatic N) is 3. The fourth-order valence-electron chi connectivity index (χ4n) is 2.50. The van der Waals surface area contributed by atoms with Gasteiger partial charge in [-0.05, 0) is 48.7 Å². The molecule has 0 aliphatic carbocycles. The smallest absolute Gasteiger partial charge is 0.123 e. The number of hydrogen-bond acceptors (Lipinski definition) is 2. The number of rotatable bonds is 5. The van der Waals surface area contributed by atoms with Crippen molar-refractivity contribution in [2.75, 3.05) is 0 Å². The van der Waals surface area contributed by atoms with Crippen molar-refractivity contribution in [1.29, 1.82) is 0 Å². The predicted octanol–water partition coefficient (Wildman–Crippen LogP) is 3.76. The lowest BCUT2D eigenvalue weighted by molar-refractivity contribution is 0.626. The van der Waals surface area contributed by atoms with E-state index in [1.165, 1.54) is 12.1 Å². The molecule has 2 aromatic heterocycles. The second-order valence-corrected chi connectivity index (χ2v) is 5.26. The lowest BCUT2D eigenvalue weighted by Crippen LogP contribution is -2.07. The van der Waals surface area contributed by atoms with Crippen LogP contribution in [0.4, 0.5) is 4.39 Å². The van der Waals surface area contributed by atoms with Gasteiger partial charge in [-0.15, -0.1) is 0 Å². The molecule has 0 spiro atoms. The summed E-state index contributed by atoms with van der Waals surface area (Å²) in [6.45, 7) is 2.71. The minimum Gasteiger partial charge on any atom is -0.337 e. The van der Waals surface area contributed by atoms with Gasteiger partial charge >= 0.3 is 0 Å². The molecule has 3 rings (SSSR count). The fourth-order valence-corrected chi connectivity index (χ4v) is 2.50. The fraction of sp³-hybridized carbons (Fsp3) is 0.167. The molecule has 0 aliphatic heterocycles. The molecule has 2 heterocycles. The number of aromatic nitrogens is 3. The molecular formula is C18H17FN3. The first-order chi connectivity index (χ1) is 10.7. The van der Waals surface area contributed by atoms with Crippen LogP contribution in [0.3, 0.4) is 0 Å². The van der Waals surface area contributed by atoms with Crippen LogP contribution in [0.5, 0.6) is 0 Å². The summed E-state index contributed by atoms with van der Waals surface area (Å²) in [6.07, 6.45) is 9.58. The van der Waals surface area contributed by atoms with Gasteiger partial charge in [0.25, 0.3) is 0 Å². The zero-order valence-electron chi connectivity index (χ0n) is 12.4. The molecule has 0 N–H and O–H groups in total. The van der Waals surface area contributed by atoms with Crippen molar-refractivity contribution in [1.82, 2.24) is 14.5 Å². The Morgan fingerprint density at radius 2 is 1.77 bits per heavy atom. The van der Waals surface area contributed by atoms with Gasteiger partial charge in [-0.25, -0.2) is 9.37 Å². The molecule has 0 amide bonds. The lowest BCUT2D eigenvalue weighted by atomic mass is 9.89. The molecule has 1 aromatic carbocycles. The first-order valence-corrected chi connectivity index (χ1v) is 7.19. The topological polar surface area (TPSA) is 30.7 Å². The molecule has 1 unspecified atom stereocenters. The maximum Gasteiger partial charge on any atom is 0.123 e. The van der Waals surface area contributed by atoms with Crippen molar-refractivity contribution < 1.29 is 4.39 Å². The largest absolute Gasteiger partial charge is 0.337 e. The van der Waals surface area contributed by atoms with Crippen molar-refractivity contribution in [2.24, 2.45) is 0 Å². The molecule has 0 saturated carbocycles. The molecule has 22 heavy (non-hydrogen) atoms. The Balaban J connectivity index is 1.84. The van der Waals surface area contributed by atoms with Crippen LogP contribution in [-0.2, 0) is 6.54 Å². The van der Waals surface area contributed by atoms with E-state index in [1.54, 1.807) is 12.4 Å². The second-order valence-electron chi connectivity index (χ2n) is 5.26. The van der Waals surface area contributed by atoms with Gasteiger partial charge < -0.3 is 4.57 Å². The zero-order chi connectivity index (χ0) is 15.4.